The Hall–Kier alpha value is -0.0800. The number of hydrogen-bond donors (Lipinski definition) is 2. The van der Waals surface area contributed by atoms with Crippen molar-refractivity contribution in [3.63, 3.8) is 0 Å². The summed E-state index contributed by atoms with van der Waals surface area (Å²) in [6, 6.07) is 0. The normalized spacial score (nSPS) is 19.9. The van der Waals surface area contributed by atoms with E-state index in [4.69, 9.17) is 11.5 Å². The predicted molar refractivity (Wildman–Crippen MR) is 34.3 cm³/mol. The molecule has 0 aromatic heterocycles. The summed E-state index contributed by atoms with van der Waals surface area (Å²) in [4.78, 5) is 0. The van der Waals surface area contributed by atoms with E-state index in [1.165, 1.54) is 12.8 Å². The van der Waals surface area contributed by atoms with Crippen LogP contribution in [0.4, 0.5) is 0 Å². The van der Waals surface area contributed by atoms with Crippen molar-refractivity contribution in [1.82, 2.24) is 0 Å². The standard InChI is InChI=1S/C6H14N2/c7-3-6(4-8)5-1-2-5/h5-6H,1-4,7-8H2. The van der Waals surface area contributed by atoms with Gasteiger partial charge in [0.1, 0.15) is 0 Å². The van der Waals surface area contributed by atoms with Gasteiger partial charge >= 0.3 is 0 Å². The molecule has 0 unspecified atom stereocenters. The van der Waals surface area contributed by atoms with Gasteiger partial charge in [-0.25, -0.2) is 0 Å². The van der Waals surface area contributed by atoms with Gasteiger partial charge in [-0.2, -0.15) is 0 Å². The summed E-state index contributed by atoms with van der Waals surface area (Å²) < 4.78 is 0. The highest BCUT2D eigenvalue weighted by Crippen LogP contribution is 2.35. The Morgan fingerprint density at radius 3 is 1.88 bits per heavy atom. The monoisotopic (exact) mass is 114 g/mol. The van der Waals surface area contributed by atoms with Gasteiger partial charge in [0.25, 0.3) is 0 Å². The van der Waals surface area contributed by atoms with Crippen LogP contribution in [-0.2, 0) is 0 Å². The predicted octanol–water partition coefficient (Wildman–Crippen LogP) is -0.0700. The highest BCUT2D eigenvalue weighted by Gasteiger charge is 2.28. The van der Waals surface area contributed by atoms with E-state index >= 15 is 0 Å². The maximum atomic E-state index is 5.44. The molecule has 2 heteroatoms. The minimum Gasteiger partial charge on any atom is -0.330 e. The highest BCUT2D eigenvalue weighted by atomic mass is 14.6. The fourth-order valence-corrected chi connectivity index (χ4v) is 1.05. The minimum atomic E-state index is 0.620. The second-order valence-electron chi connectivity index (χ2n) is 2.57. The van der Waals surface area contributed by atoms with Gasteiger partial charge in [-0.15, -0.1) is 0 Å². The molecule has 0 aromatic rings. The molecule has 1 fully saturated rings. The Morgan fingerprint density at radius 1 is 1.25 bits per heavy atom. The summed E-state index contributed by atoms with van der Waals surface area (Å²) in [5, 5.41) is 0. The van der Waals surface area contributed by atoms with Crippen LogP contribution in [0.2, 0.25) is 0 Å². The summed E-state index contributed by atoms with van der Waals surface area (Å²) in [7, 11) is 0. The molecular weight excluding hydrogens is 100 g/mol. The van der Waals surface area contributed by atoms with Gasteiger partial charge in [-0.3, -0.25) is 0 Å². The Morgan fingerprint density at radius 2 is 1.75 bits per heavy atom. The maximum Gasteiger partial charge on any atom is -0.00341 e. The quantitative estimate of drug-likeness (QED) is 0.539. The zero-order chi connectivity index (χ0) is 5.98. The van der Waals surface area contributed by atoms with Crippen LogP contribution in [0.1, 0.15) is 12.8 Å². The second kappa shape index (κ2) is 2.46. The van der Waals surface area contributed by atoms with E-state index in [1.54, 1.807) is 0 Å². The molecule has 2 nitrogen and oxygen atoms in total. The first kappa shape index (κ1) is 6.05. The topological polar surface area (TPSA) is 52.0 Å². The molecular formula is C6H14N2. The van der Waals surface area contributed by atoms with Crippen molar-refractivity contribution < 1.29 is 0 Å². The fraction of sp³-hybridized carbons (Fsp3) is 1.00. The van der Waals surface area contributed by atoms with Gasteiger partial charge in [0.2, 0.25) is 0 Å². The Kier molecular flexibility index (Phi) is 1.86. The molecule has 4 N–H and O–H groups in total. The molecule has 8 heavy (non-hydrogen) atoms. The third kappa shape index (κ3) is 1.20. The van der Waals surface area contributed by atoms with E-state index in [1.807, 2.05) is 0 Å². The van der Waals surface area contributed by atoms with Gasteiger partial charge in [0.05, 0.1) is 0 Å². The summed E-state index contributed by atoms with van der Waals surface area (Å²) in [5.74, 6) is 1.50. The lowest BCUT2D eigenvalue weighted by Crippen LogP contribution is -2.24. The summed E-state index contributed by atoms with van der Waals surface area (Å²) >= 11 is 0. The molecule has 1 rings (SSSR count). The molecule has 0 amide bonds. The molecule has 0 aromatic carbocycles. The number of nitrogens with two attached hydrogens (primary N) is 2. The zero-order valence-electron chi connectivity index (χ0n) is 5.14. The van der Waals surface area contributed by atoms with Crippen molar-refractivity contribution in [2.75, 3.05) is 13.1 Å². The van der Waals surface area contributed by atoms with E-state index in [0.717, 1.165) is 19.0 Å². The molecule has 0 saturated heterocycles. The van der Waals surface area contributed by atoms with E-state index in [-0.39, 0.29) is 0 Å². The van der Waals surface area contributed by atoms with Crippen LogP contribution in [0, 0.1) is 11.8 Å². The number of hydrogen-bond acceptors (Lipinski definition) is 2. The van der Waals surface area contributed by atoms with Crippen molar-refractivity contribution in [1.29, 1.82) is 0 Å². The van der Waals surface area contributed by atoms with E-state index in [0.29, 0.717) is 5.92 Å². The van der Waals surface area contributed by atoms with Crippen LogP contribution >= 0.6 is 0 Å². The smallest absolute Gasteiger partial charge is 0.00341 e. The van der Waals surface area contributed by atoms with Crippen molar-refractivity contribution >= 4 is 0 Å². The van der Waals surface area contributed by atoms with Crippen molar-refractivity contribution in [2.24, 2.45) is 23.3 Å². The summed E-state index contributed by atoms with van der Waals surface area (Å²) in [5.41, 5.74) is 10.9. The highest BCUT2D eigenvalue weighted by molar-refractivity contribution is 4.81. The summed E-state index contributed by atoms with van der Waals surface area (Å²) in [6.45, 7) is 1.56. The number of rotatable bonds is 3. The molecule has 1 saturated carbocycles. The van der Waals surface area contributed by atoms with Crippen LogP contribution in [-0.4, -0.2) is 13.1 Å². The molecule has 1 aliphatic rings. The van der Waals surface area contributed by atoms with Gasteiger partial charge in [-0.1, -0.05) is 0 Å². The fourth-order valence-electron chi connectivity index (χ4n) is 1.05. The third-order valence-electron chi connectivity index (χ3n) is 1.89. The Labute approximate surface area is 50.2 Å². The Balaban J connectivity index is 2.15. The van der Waals surface area contributed by atoms with Gasteiger partial charge in [0, 0.05) is 0 Å². The van der Waals surface area contributed by atoms with E-state index in [2.05, 4.69) is 0 Å². The van der Waals surface area contributed by atoms with Gasteiger partial charge in [0.15, 0.2) is 0 Å². The molecule has 0 bridgehead atoms. The van der Waals surface area contributed by atoms with Crippen LogP contribution in [0.5, 0.6) is 0 Å². The van der Waals surface area contributed by atoms with Crippen LogP contribution in [0.25, 0.3) is 0 Å². The maximum absolute atomic E-state index is 5.44. The first-order valence-corrected chi connectivity index (χ1v) is 3.28. The van der Waals surface area contributed by atoms with Crippen LogP contribution in [0.15, 0.2) is 0 Å². The third-order valence-corrected chi connectivity index (χ3v) is 1.89. The lowest BCUT2D eigenvalue weighted by molar-refractivity contribution is 0.485. The average Bonchev–Trinajstić information content (AvgIpc) is 2.53. The first-order valence-electron chi connectivity index (χ1n) is 3.28. The molecule has 1 aliphatic carbocycles. The molecule has 48 valence electrons. The average molecular weight is 114 g/mol. The molecule has 0 spiro atoms. The molecule has 0 heterocycles. The lowest BCUT2D eigenvalue weighted by Gasteiger charge is -2.07. The molecule has 0 aliphatic heterocycles. The second-order valence-corrected chi connectivity index (χ2v) is 2.57. The van der Waals surface area contributed by atoms with Crippen molar-refractivity contribution in [3.8, 4) is 0 Å². The largest absolute Gasteiger partial charge is 0.330 e. The van der Waals surface area contributed by atoms with Crippen molar-refractivity contribution in [3.05, 3.63) is 0 Å². The first-order chi connectivity index (χ1) is 3.88. The summed E-state index contributed by atoms with van der Waals surface area (Å²) in [6.07, 6.45) is 2.72. The van der Waals surface area contributed by atoms with E-state index in [9.17, 15) is 0 Å². The zero-order valence-corrected chi connectivity index (χ0v) is 5.14. The molecule has 0 atom stereocenters. The van der Waals surface area contributed by atoms with E-state index < -0.39 is 0 Å². The molecule has 0 radical (unpaired) electrons. The minimum absolute atomic E-state index is 0.620. The van der Waals surface area contributed by atoms with Gasteiger partial charge in [-0.05, 0) is 37.8 Å². The van der Waals surface area contributed by atoms with Crippen molar-refractivity contribution in [2.45, 2.75) is 12.8 Å². The SMILES string of the molecule is NCC(CN)C1CC1. The van der Waals surface area contributed by atoms with Gasteiger partial charge < -0.3 is 11.5 Å². The Bertz CT molecular complexity index is 64.9. The van der Waals surface area contributed by atoms with Crippen LogP contribution in [0.3, 0.4) is 0 Å². The lowest BCUT2D eigenvalue weighted by atomic mass is 10.1. The van der Waals surface area contributed by atoms with Crippen LogP contribution < -0.4 is 11.5 Å².